The summed E-state index contributed by atoms with van der Waals surface area (Å²) in [5.74, 6) is -0.159. The van der Waals surface area contributed by atoms with E-state index in [1.54, 1.807) is 24.4 Å². The van der Waals surface area contributed by atoms with Crippen molar-refractivity contribution in [1.82, 2.24) is 15.6 Å². The molecular formula is C25H31ClN4O2. The molecule has 0 aromatic heterocycles. The highest BCUT2D eigenvalue weighted by Crippen LogP contribution is 2.17. The average Bonchev–Trinajstić information content (AvgIpc) is 2.83. The highest BCUT2D eigenvalue weighted by molar-refractivity contribution is 6.33. The summed E-state index contributed by atoms with van der Waals surface area (Å²) in [5.41, 5.74) is 4.12. The SMILES string of the molecule is O=C(NCCCCC(C(=O)NN=Cc1ccccc1Cl)N1CCCCC1)c1ccccc1. The van der Waals surface area contributed by atoms with Crippen molar-refractivity contribution in [2.75, 3.05) is 19.6 Å². The number of unbranched alkanes of at least 4 members (excludes halogenated alkanes) is 1. The summed E-state index contributed by atoms with van der Waals surface area (Å²) in [6.45, 7) is 2.45. The lowest BCUT2D eigenvalue weighted by atomic mass is 10.0. The third-order valence-corrected chi connectivity index (χ3v) is 5.99. The predicted octanol–water partition coefficient (Wildman–Crippen LogP) is 4.24. The summed E-state index contributed by atoms with van der Waals surface area (Å²) >= 11 is 6.14. The van der Waals surface area contributed by atoms with Gasteiger partial charge >= 0.3 is 0 Å². The van der Waals surface area contributed by atoms with Crippen molar-refractivity contribution in [3.8, 4) is 0 Å². The number of nitrogens with zero attached hydrogens (tertiary/aromatic N) is 2. The number of nitrogens with one attached hydrogen (secondary N) is 2. The van der Waals surface area contributed by atoms with Crippen LogP contribution in [0, 0.1) is 0 Å². The van der Waals surface area contributed by atoms with Crippen LogP contribution in [0.4, 0.5) is 0 Å². The first-order valence-corrected chi connectivity index (χ1v) is 11.7. The minimum Gasteiger partial charge on any atom is -0.352 e. The van der Waals surface area contributed by atoms with E-state index in [-0.39, 0.29) is 17.9 Å². The number of carbonyl (C=O) groups is 2. The zero-order chi connectivity index (χ0) is 22.6. The lowest BCUT2D eigenvalue weighted by molar-refractivity contribution is -0.127. The molecule has 2 amide bonds. The molecule has 170 valence electrons. The first-order valence-electron chi connectivity index (χ1n) is 11.3. The van der Waals surface area contributed by atoms with Crippen molar-refractivity contribution in [3.05, 3.63) is 70.7 Å². The van der Waals surface area contributed by atoms with Crippen LogP contribution in [0.2, 0.25) is 5.02 Å². The number of piperidine rings is 1. The summed E-state index contributed by atoms with van der Waals surface area (Å²) < 4.78 is 0. The van der Waals surface area contributed by atoms with Gasteiger partial charge in [-0.2, -0.15) is 5.10 Å². The summed E-state index contributed by atoms with van der Waals surface area (Å²) in [5, 5.41) is 7.67. The summed E-state index contributed by atoms with van der Waals surface area (Å²) in [6, 6.07) is 16.3. The average molecular weight is 455 g/mol. The van der Waals surface area contributed by atoms with Gasteiger partial charge in [0, 0.05) is 22.7 Å². The Hall–Kier alpha value is -2.70. The van der Waals surface area contributed by atoms with Crippen LogP contribution in [0.15, 0.2) is 59.7 Å². The van der Waals surface area contributed by atoms with E-state index in [4.69, 9.17) is 11.6 Å². The van der Waals surface area contributed by atoms with Gasteiger partial charge in [-0.1, -0.05) is 54.4 Å². The van der Waals surface area contributed by atoms with E-state index in [9.17, 15) is 9.59 Å². The second kappa shape index (κ2) is 13.0. The molecule has 0 saturated carbocycles. The molecular weight excluding hydrogens is 424 g/mol. The van der Waals surface area contributed by atoms with Gasteiger partial charge in [0.05, 0.1) is 12.3 Å². The molecule has 6 nitrogen and oxygen atoms in total. The van der Waals surface area contributed by atoms with Crippen LogP contribution in [0.25, 0.3) is 0 Å². The molecule has 1 saturated heterocycles. The Morgan fingerprint density at radius 3 is 2.47 bits per heavy atom. The van der Waals surface area contributed by atoms with Crippen molar-refractivity contribution in [2.24, 2.45) is 5.10 Å². The van der Waals surface area contributed by atoms with Crippen molar-refractivity contribution in [3.63, 3.8) is 0 Å². The minimum absolute atomic E-state index is 0.0650. The maximum Gasteiger partial charge on any atom is 0.257 e. The molecule has 2 aromatic carbocycles. The van der Waals surface area contributed by atoms with Gasteiger partial charge in [-0.3, -0.25) is 14.5 Å². The van der Waals surface area contributed by atoms with E-state index in [2.05, 4.69) is 20.7 Å². The second-order valence-electron chi connectivity index (χ2n) is 7.99. The Bertz CT molecular complexity index is 898. The fourth-order valence-corrected chi connectivity index (χ4v) is 4.07. The molecule has 1 heterocycles. The molecule has 1 atom stereocenters. The number of hydrazone groups is 1. The standard InChI is InChI=1S/C25H31ClN4O2/c26-22-14-6-5-13-21(22)19-28-29-25(32)23(30-17-9-2-10-18-30)15-7-8-16-27-24(31)20-11-3-1-4-12-20/h1,3-6,11-14,19,23H,2,7-10,15-18H2,(H,27,31)(H,29,32). The maximum atomic E-state index is 12.9. The summed E-state index contributed by atoms with van der Waals surface area (Å²) in [4.78, 5) is 27.3. The van der Waals surface area contributed by atoms with Crippen molar-refractivity contribution < 1.29 is 9.59 Å². The summed E-state index contributed by atoms with van der Waals surface area (Å²) in [6.07, 6.45) is 7.40. The van der Waals surface area contributed by atoms with Gasteiger partial charge in [0.15, 0.2) is 0 Å². The fourth-order valence-electron chi connectivity index (χ4n) is 3.89. The number of amides is 2. The van der Waals surface area contributed by atoms with E-state index >= 15 is 0 Å². The van der Waals surface area contributed by atoms with Crippen LogP contribution in [0.1, 0.15) is 54.4 Å². The van der Waals surface area contributed by atoms with Crippen LogP contribution < -0.4 is 10.7 Å². The van der Waals surface area contributed by atoms with E-state index < -0.39 is 0 Å². The Morgan fingerprint density at radius 2 is 1.72 bits per heavy atom. The van der Waals surface area contributed by atoms with Gasteiger partial charge < -0.3 is 5.32 Å². The Balaban J connectivity index is 1.48. The van der Waals surface area contributed by atoms with Gasteiger partial charge in [-0.15, -0.1) is 0 Å². The smallest absolute Gasteiger partial charge is 0.257 e. The van der Waals surface area contributed by atoms with Crippen LogP contribution >= 0.6 is 11.6 Å². The van der Waals surface area contributed by atoms with Gasteiger partial charge in [0.25, 0.3) is 11.8 Å². The largest absolute Gasteiger partial charge is 0.352 e. The van der Waals surface area contributed by atoms with Crippen molar-refractivity contribution in [2.45, 2.75) is 44.6 Å². The molecule has 2 N–H and O–H groups in total. The third kappa shape index (κ3) is 7.46. The molecule has 1 aliphatic heterocycles. The normalized spacial score (nSPS) is 15.4. The van der Waals surface area contributed by atoms with Gasteiger partial charge in [0.2, 0.25) is 0 Å². The molecule has 0 bridgehead atoms. The van der Waals surface area contributed by atoms with Gasteiger partial charge in [-0.05, 0) is 63.4 Å². The second-order valence-corrected chi connectivity index (χ2v) is 8.39. The van der Waals surface area contributed by atoms with Crippen molar-refractivity contribution >= 4 is 29.6 Å². The first kappa shape index (κ1) is 24.0. The Kier molecular flexibility index (Phi) is 9.72. The van der Waals surface area contributed by atoms with E-state index in [0.29, 0.717) is 17.1 Å². The summed E-state index contributed by atoms with van der Waals surface area (Å²) in [7, 11) is 0. The molecule has 7 heteroatoms. The highest BCUT2D eigenvalue weighted by atomic mass is 35.5. The van der Waals surface area contributed by atoms with E-state index in [0.717, 1.165) is 50.8 Å². The number of carbonyl (C=O) groups excluding carboxylic acids is 2. The molecule has 3 rings (SSSR count). The van der Waals surface area contributed by atoms with Gasteiger partial charge in [-0.25, -0.2) is 5.43 Å². The molecule has 2 aromatic rings. The zero-order valence-electron chi connectivity index (χ0n) is 18.3. The maximum absolute atomic E-state index is 12.9. The first-order chi connectivity index (χ1) is 15.6. The molecule has 1 fully saturated rings. The van der Waals surface area contributed by atoms with Crippen molar-refractivity contribution in [1.29, 1.82) is 0 Å². The number of rotatable bonds is 10. The monoisotopic (exact) mass is 454 g/mol. The lowest BCUT2D eigenvalue weighted by Crippen LogP contribution is -2.47. The van der Waals surface area contributed by atoms with E-state index in [1.165, 1.54) is 6.42 Å². The highest BCUT2D eigenvalue weighted by Gasteiger charge is 2.26. The quantitative estimate of drug-likeness (QED) is 0.320. The van der Waals surface area contributed by atoms with E-state index in [1.807, 2.05) is 36.4 Å². The topological polar surface area (TPSA) is 73.8 Å². The Labute approximate surface area is 195 Å². The minimum atomic E-state index is -0.219. The molecule has 1 aliphatic rings. The van der Waals surface area contributed by atoms with Crippen LogP contribution in [0.3, 0.4) is 0 Å². The van der Waals surface area contributed by atoms with Gasteiger partial charge in [0.1, 0.15) is 0 Å². The molecule has 0 radical (unpaired) electrons. The zero-order valence-corrected chi connectivity index (χ0v) is 19.1. The van der Waals surface area contributed by atoms with Crippen LogP contribution in [0.5, 0.6) is 0 Å². The molecule has 1 unspecified atom stereocenters. The molecule has 0 spiro atoms. The number of hydrogen-bond acceptors (Lipinski definition) is 4. The van der Waals surface area contributed by atoms with Crippen LogP contribution in [-0.2, 0) is 4.79 Å². The fraction of sp³-hybridized carbons (Fsp3) is 0.400. The third-order valence-electron chi connectivity index (χ3n) is 5.64. The molecule has 32 heavy (non-hydrogen) atoms. The Morgan fingerprint density at radius 1 is 1.00 bits per heavy atom. The number of halogens is 1. The lowest BCUT2D eigenvalue weighted by Gasteiger charge is -2.33. The number of benzene rings is 2. The number of hydrogen-bond donors (Lipinski definition) is 2. The van der Waals surface area contributed by atoms with Crippen LogP contribution in [-0.4, -0.2) is 48.6 Å². The predicted molar refractivity (Wildman–Crippen MR) is 129 cm³/mol. The molecule has 0 aliphatic carbocycles. The number of likely N-dealkylation sites (tertiary alicyclic amines) is 1.